The summed E-state index contributed by atoms with van der Waals surface area (Å²) in [4.78, 5) is 2.40. The van der Waals surface area contributed by atoms with Crippen LogP contribution in [0, 0.1) is 0 Å². The smallest absolute Gasteiger partial charge is 0.143 e. The predicted molar refractivity (Wildman–Crippen MR) is 230 cm³/mol. The van der Waals surface area contributed by atoms with Gasteiger partial charge in [0.2, 0.25) is 0 Å². The minimum atomic E-state index is 0.584. The average Bonchev–Trinajstić information content (AvgIpc) is 3.82. The highest BCUT2D eigenvalue weighted by Crippen LogP contribution is 2.47. The van der Waals surface area contributed by atoms with E-state index >= 15 is 0 Å². The van der Waals surface area contributed by atoms with Gasteiger partial charge in [-0.3, -0.25) is 0 Å². The van der Waals surface area contributed by atoms with Gasteiger partial charge < -0.3 is 13.7 Å². The molecule has 0 aliphatic heterocycles. The van der Waals surface area contributed by atoms with Gasteiger partial charge in [-0.25, -0.2) is 0 Å². The van der Waals surface area contributed by atoms with Gasteiger partial charge in [-0.05, 0) is 88.7 Å². The molecule has 3 nitrogen and oxygen atoms in total. The largest absolute Gasteiger partial charge is 0.456 e. The van der Waals surface area contributed by atoms with Crippen molar-refractivity contribution in [3.8, 4) is 22.3 Å². The van der Waals surface area contributed by atoms with Crippen LogP contribution in [0.5, 0.6) is 0 Å². The lowest BCUT2D eigenvalue weighted by atomic mass is 9.80. The molecule has 0 N–H and O–H groups in total. The molecule has 0 spiro atoms. The summed E-state index contributed by atoms with van der Waals surface area (Å²) in [5.41, 5.74) is 13.0. The summed E-state index contributed by atoms with van der Waals surface area (Å²) >= 11 is 0. The Morgan fingerprint density at radius 1 is 0.436 bits per heavy atom. The molecule has 0 radical (unpaired) electrons. The first-order valence-corrected chi connectivity index (χ1v) is 19.6. The minimum absolute atomic E-state index is 0.584. The summed E-state index contributed by atoms with van der Waals surface area (Å²) in [6.07, 6.45) is 6.46. The maximum atomic E-state index is 6.48. The molecule has 1 aliphatic rings. The molecular formula is C52H39NO2. The number of fused-ring (bicyclic) bond motifs is 7. The molecule has 11 rings (SSSR count). The van der Waals surface area contributed by atoms with E-state index in [0.29, 0.717) is 5.92 Å². The second-order valence-electron chi connectivity index (χ2n) is 15.0. The molecule has 0 saturated heterocycles. The van der Waals surface area contributed by atoms with Crippen molar-refractivity contribution in [2.24, 2.45) is 0 Å². The normalized spacial score (nSPS) is 13.7. The second-order valence-corrected chi connectivity index (χ2v) is 15.0. The van der Waals surface area contributed by atoms with E-state index in [1.807, 2.05) is 24.3 Å². The number of hydrogen-bond donors (Lipinski definition) is 0. The van der Waals surface area contributed by atoms with Crippen molar-refractivity contribution in [3.05, 3.63) is 175 Å². The van der Waals surface area contributed by atoms with E-state index in [1.54, 1.807) is 0 Å². The number of nitrogens with zero attached hydrogens (tertiary/aromatic N) is 1. The molecule has 1 fully saturated rings. The van der Waals surface area contributed by atoms with Gasteiger partial charge in [0.25, 0.3) is 0 Å². The number of benzene rings is 8. The van der Waals surface area contributed by atoms with Crippen molar-refractivity contribution in [2.75, 3.05) is 4.90 Å². The molecule has 0 bridgehead atoms. The standard InChI is InChI=1S/C52H39NO2/c1-2-13-34(14-3-1)39-20-10-15-36-16-11-22-45(51(36)39)41-17-4-7-24-47(41)53(38-31-32-44-42-18-5-8-25-48(42)54-50(44)33-38)37-29-27-35(28-30-37)40-21-12-23-46-43-19-6-9-26-49(43)55-52(40)46/h4-12,15-34H,1-3,13-14H2. The van der Waals surface area contributed by atoms with Crippen LogP contribution < -0.4 is 4.90 Å². The Balaban J connectivity index is 1.10. The molecule has 2 aromatic heterocycles. The molecule has 55 heavy (non-hydrogen) atoms. The van der Waals surface area contributed by atoms with E-state index in [0.717, 1.165) is 72.1 Å². The fourth-order valence-electron chi connectivity index (χ4n) is 9.29. The zero-order valence-corrected chi connectivity index (χ0v) is 30.5. The topological polar surface area (TPSA) is 29.5 Å². The van der Waals surface area contributed by atoms with Gasteiger partial charge in [0.1, 0.15) is 22.3 Å². The average molecular weight is 710 g/mol. The quantitative estimate of drug-likeness (QED) is 0.172. The molecule has 8 aromatic carbocycles. The Bertz CT molecular complexity index is 3030. The molecule has 264 valence electrons. The number of para-hydroxylation sites is 4. The van der Waals surface area contributed by atoms with Crippen molar-refractivity contribution in [2.45, 2.75) is 38.0 Å². The van der Waals surface area contributed by atoms with Crippen molar-refractivity contribution in [1.82, 2.24) is 0 Å². The molecule has 0 amide bonds. The monoisotopic (exact) mass is 709 g/mol. The van der Waals surface area contributed by atoms with Crippen molar-refractivity contribution < 1.29 is 8.83 Å². The zero-order valence-electron chi connectivity index (χ0n) is 30.5. The van der Waals surface area contributed by atoms with E-state index < -0.39 is 0 Å². The first-order valence-electron chi connectivity index (χ1n) is 19.6. The number of furan rings is 2. The molecule has 1 saturated carbocycles. The van der Waals surface area contributed by atoms with Crippen molar-refractivity contribution >= 4 is 71.7 Å². The van der Waals surface area contributed by atoms with E-state index in [4.69, 9.17) is 8.83 Å². The first-order chi connectivity index (χ1) is 27.3. The summed E-state index contributed by atoms with van der Waals surface area (Å²) in [6, 6.07) is 61.3. The molecule has 1 aliphatic carbocycles. The summed E-state index contributed by atoms with van der Waals surface area (Å²) in [5.74, 6) is 0.584. The Labute approximate surface area is 320 Å². The van der Waals surface area contributed by atoms with Crippen LogP contribution in [0.1, 0.15) is 43.6 Å². The molecule has 0 atom stereocenters. The SMILES string of the molecule is c1ccc(N(c2ccc(-c3cccc4c3oc3ccccc34)cc2)c2ccc3c(c2)oc2ccccc23)c(-c2cccc3cccc(C4CCCCC4)c23)c1. The predicted octanol–water partition coefficient (Wildman–Crippen LogP) is 15.5. The maximum absolute atomic E-state index is 6.48. The van der Waals surface area contributed by atoms with E-state index in [1.165, 1.54) is 59.6 Å². The fourth-order valence-corrected chi connectivity index (χ4v) is 9.29. The Hall–Kier alpha value is -6.58. The highest BCUT2D eigenvalue weighted by molar-refractivity contribution is 6.10. The Kier molecular flexibility index (Phi) is 7.58. The maximum Gasteiger partial charge on any atom is 0.143 e. The number of anilines is 3. The second kappa shape index (κ2) is 13.1. The highest BCUT2D eigenvalue weighted by atomic mass is 16.3. The van der Waals surface area contributed by atoms with Crippen LogP contribution in [0.15, 0.2) is 179 Å². The van der Waals surface area contributed by atoms with Crippen LogP contribution in [-0.4, -0.2) is 0 Å². The highest BCUT2D eigenvalue weighted by Gasteiger charge is 2.23. The zero-order chi connectivity index (χ0) is 36.3. The third-order valence-corrected chi connectivity index (χ3v) is 11.9. The Morgan fingerprint density at radius 3 is 1.89 bits per heavy atom. The lowest BCUT2D eigenvalue weighted by Crippen LogP contribution is -2.11. The van der Waals surface area contributed by atoms with Crippen molar-refractivity contribution in [1.29, 1.82) is 0 Å². The van der Waals surface area contributed by atoms with Crippen LogP contribution in [0.3, 0.4) is 0 Å². The minimum Gasteiger partial charge on any atom is -0.456 e. The summed E-state index contributed by atoms with van der Waals surface area (Å²) in [7, 11) is 0. The fraction of sp³-hybridized carbons (Fsp3) is 0.115. The van der Waals surface area contributed by atoms with E-state index in [9.17, 15) is 0 Å². The van der Waals surface area contributed by atoms with Crippen LogP contribution in [-0.2, 0) is 0 Å². The summed E-state index contributed by atoms with van der Waals surface area (Å²) in [5, 5.41) is 7.20. The number of hydrogen-bond acceptors (Lipinski definition) is 3. The third kappa shape index (κ3) is 5.33. The Morgan fingerprint density at radius 2 is 1.05 bits per heavy atom. The van der Waals surface area contributed by atoms with Gasteiger partial charge in [-0.2, -0.15) is 0 Å². The molecule has 10 aromatic rings. The van der Waals surface area contributed by atoms with Gasteiger partial charge >= 0.3 is 0 Å². The van der Waals surface area contributed by atoms with Crippen molar-refractivity contribution in [3.63, 3.8) is 0 Å². The third-order valence-electron chi connectivity index (χ3n) is 11.9. The van der Waals surface area contributed by atoms with Gasteiger partial charge in [0, 0.05) is 50.1 Å². The van der Waals surface area contributed by atoms with Crippen LogP contribution in [0.2, 0.25) is 0 Å². The summed E-state index contributed by atoms with van der Waals surface area (Å²) < 4.78 is 12.9. The lowest BCUT2D eigenvalue weighted by Gasteiger charge is -2.29. The number of rotatable bonds is 6. The molecular weight excluding hydrogens is 671 g/mol. The molecule has 3 heteroatoms. The lowest BCUT2D eigenvalue weighted by molar-refractivity contribution is 0.445. The van der Waals surface area contributed by atoms with Gasteiger partial charge in [-0.15, -0.1) is 0 Å². The molecule has 0 unspecified atom stereocenters. The molecule has 2 heterocycles. The summed E-state index contributed by atoms with van der Waals surface area (Å²) in [6.45, 7) is 0. The van der Waals surface area contributed by atoms with E-state index in [2.05, 4.69) is 150 Å². The first kappa shape index (κ1) is 31.9. The van der Waals surface area contributed by atoms with Gasteiger partial charge in [0.05, 0.1) is 5.69 Å². The van der Waals surface area contributed by atoms with Gasteiger partial charge in [-0.1, -0.05) is 141 Å². The van der Waals surface area contributed by atoms with Crippen LogP contribution in [0.25, 0.3) is 76.9 Å². The van der Waals surface area contributed by atoms with Crippen LogP contribution in [0.4, 0.5) is 17.1 Å². The van der Waals surface area contributed by atoms with Gasteiger partial charge in [0.15, 0.2) is 0 Å². The van der Waals surface area contributed by atoms with Crippen LogP contribution >= 0.6 is 0 Å². The van der Waals surface area contributed by atoms with E-state index in [-0.39, 0.29) is 0 Å².